The lowest BCUT2D eigenvalue weighted by molar-refractivity contribution is -0.127. The number of nitrogens with zero attached hydrogens (tertiary/aromatic N) is 2. The Hall–Kier alpha value is -2.86. The number of rotatable bonds is 7. The van der Waals surface area contributed by atoms with E-state index >= 15 is 0 Å². The molecule has 0 aromatic heterocycles. The second-order valence-corrected chi connectivity index (χ2v) is 9.69. The van der Waals surface area contributed by atoms with Gasteiger partial charge in [-0.05, 0) is 74.3 Å². The Morgan fingerprint density at radius 3 is 2.29 bits per heavy atom. The quantitative estimate of drug-likeness (QED) is 0.319. The van der Waals surface area contributed by atoms with Crippen LogP contribution in [0.3, 0.4) is 0 Å². The number of piperidine rings is 2. The van der Waals surface area contributed by atoms with E-state index in [-0.39, 0.29) is 0 Å². The third kappa shape index (κ3) is 5.61. The van der Waals surface area contributed by atoms with Crippen molar-refractivity contribution in [3.05, 3.63) is 58.6 Å². The summed E-state index contributed by atoms with van der Waals surface area (Å²) < 4.78 is 5.16. The molecule has 0 radical (unpaired) electrons. The number of aldehydes is 1. The Labute approximate surface area is 205 Å². The summed E-state index contributed by atoms with van der Waals surface area (Å²) in [4.78, 5) is 40.4. The number of carbonyl (C=O) groups is 3. The zero-order valence-electron chi connectivity index (χ0n) is 19.5. The summed E-state index contributed by atoms with van der Waals surface area (Å²) in [5, 5.41) is 0.501. The second kappa shape index (κ2) is 11.0. The van der Waals surface area contributed by atoms with Gasteiger partial charge in [-0.1, -0.05) is 23.7 Å². The highest BCUT2D eigenvalue weighted by Crippen LogP contribution is 2.32. The van der Waals surface area contributed by atoms with Gasteiger partial charge in [0.05, 0.1) is 12.1 Å². The molecule has 2 aromatic rings. The summed E-state index contributed by atoms with van der Waals surface area (Å²) in [6.45, 7) is 3.24. The van der Waals surface area contributed by atoms with Gasteiger partial charge < -0.3 is 14.5 Å². The number of likely N-dealkylation sites (tertiary alicyclic amines) is 1. The maximum absolute atomic E-state index is 12.7. The smallest absolute Gasteiger partial charge is 0.294 e. The number of halogens is 1. The van der Waals surface area contributed by atoms with Crippen molar-refractivity contribution in [3.8, 4) is 5.75 Å². The van der Waals surface area contributed by atoms with Gasteiger partial charge in [0, 0.05) is 43.0 Å². The Morgan fingerprint density at radius 2 is 1.68 bits per heavy atom. The summed E-state index contributed by atoms with van der Waals surface area (Å²) in [6, 6.07) is 12.4. The average molecular weight is 483 g/mol. The zero-order chi connectivity index (χ0) is 24.1. The molecule has 7 heteroatoms. The lowest BCUT2D eigenvalue weighted by atomic mass is 9.82. The first-order chi connectivity index (χ1) is 16.5. The highest BCUT2D eigenvalue weighted by molar-refractivity contribution is 6.42. The van der Waals surface area contributed by atoms with Gasteiger partial charge in [0.1, 0.15) is 5.75 Å². The van der Waals surface area contributed by atoms with Crippen molar-refractivity contribution in [1.29, 1.82) is 0 Å². The van der Waals surface area contributed by atoms with E-state index in [0.29, 0.717) is 46.8 Å². The van der Waals surface area contributed by atoms with E-state index < -0.39 is 11.7 Å². The highest BCUT2D eigenvalue weighted by Gasteiger charge is 2.30. The van der Waals surface area contributed by atoms with E-state index in [9.17, 15) is 14.4 Å². The summed E-state index contributed by atoms with van der Waals surface area (Å²) in [6.07, 6.45) is 6.09. The molecule has 0 spiro atoms. The van der Waals surface area contributed by atoms with Crippen LogP contribution in [-0.4, -0.2) is 56.2 Å². The monoisotopic (exact) mass is 482 g/mol. The van der Waals surface area contributed by atoms with Gasteiger partial charge >= 0.3 is 0 Å². The number of hydrogen-bond donors (Lipinski definition) is 0. The van der Waals surface area contributed by atoms with E-state index in [2.05, 4.69) is 4.90 Å². The molecule has 0 bridgehead atoms. The van der Waals surface area contributed by atoms with Crippen LogP contribution in [0.1, 0.15) is 52.8 Å². The van der Waals surface area contributed by atoms with Gasteiger partial charge in [0.25, 0.3) is 11.7 Å². The molecular weight excluding hydrogens is 452 g/mol. The average Bonchev–Trinajstić information content (AvgIpc) is 2.88. The lowest BCUT2D eigenvalue weighted by Gasteiger charge is -2.37. The predicted molar refractivity (Wildman–Crippen MR) is 133 cm³/mol. The molecule has 2 aromatic carbocycles. The third-order valence-electron chi connectivity index (χ3n) is 7.19. The number of hydrogen-bond acceptors (Lipinski definition) is 5. The molecule has 34 heavy (non-hydrogen) atoms. The molecular formula is C27H31ClN2O4. The molecule has 0 saturated carbocycles. The van der Waals surface area contributed by atoms with Gasteiger partial charge in [0.15, 0.2) is 6.29 Å². The van der Waals surface area contributed by atoms with Crippen LogP contribution in [0.25, 0.3) is 0 Å². The first kappa shape index (κ1) is 24.3. The van der Waals surface area contributed by atoms with Crippen molar-refractivity contribution in [2.24, 2.45) is 11.8 Å². The molecule has 6 nitrogen and oxygen atoms in total. The summed E-state index contributed by atoms with van der Waals surface area (Å²) >= 11 is 6.20. The number of ketones is 1. The van der Waals surface area contributed by atoms with E-state index in [4.69, 9.17) is 16.3 Å². The summed E-state index contributed by atoms with van der Waals surface area (Å²) in [5.41, 5.74) is 1.97. The van der Waals surface area contributed by atoms with Crippen LogP contribution >= 0.6 is 11.6 Å². The molecule has 180 valence electrons. The van der Waals surface area contributed by atoms with Crippen LogP contribution in [0, 0.1) is 11.8 Å². The summed E-state index contributed by atoms with van der Waals surface area (Å²) in [5.74, 6) is 0.954. The van der Waals surface area contributed by atoms with Crippen LogP contribution in [-0.2, 0) is 4.79 Å². The molecule has 2 aliphatic heterocycles. The SMILES string of the molecule is COc1cccc(C(=O)C(=O)N2CCC(CC3CCN(c4ccc(C=O)c(Cl)c4)CC3)CC2)c1. The van der Waals surface area contributed by atoms with Crippen LogP contribution in [0.2, 0.25) is 5.02 Å². The minimum atomic E-state index is -0.467. The van der Waals surface area contributed by atoms with E-state index in [0.717, 1.165) is 50.7 Å². The molecule has 4 rings (SSSR count). The van der Waals surface area contributed by atoms with Crippen molar-refractivity contribution in [3.63, 3.8) is 0 Å². The van der Waals surface area contributed by atoms with E-state index in [1.165, 1.54) is 6.42 Å². The Kier molecular flexibility index (Phi) is 7.88. The van der Waals surface area contributed by atoms with Gasteiger partial charge in [-0.25, -0.2) is 0 Å². The fourth-order valence-electron chi connectivity index (χ4n) is 5.11. The van der Waals surface area contributed by atoms with Crippen molar-refractivity contribution in [1.82, 2.24) is 4.90 Å². The van der Waals surface area contributed by atoms with E-state index in [1.54, 1.807) is 42.3 Å². The maximum atomic E-state index is 12.7. The van der Waals surface area contributed by atoms with Crippen molar-refractivity contribution >= 4 is 35.3 Å². The van der Waals surface area contributed by atoms with Gasteiger partial charge in [-0.15, -0.1) is 0 Å². The lowest BCUT2D eigenvalue weighted by Crippen LogP contribution is -2.42. The van der Waals surface area contributed by atoms with Gasteiger partial charge in [-0.3, -0.25) is 14.4 Å². The molecule has 2 fully saturated rings. The molecule has 0 N–H and O–H groups in total. The van der Waals surface area contributed by atoms with Crippen LogP contribution in [0.15, 0.2) is 42.5 Å². The van der Waals surface area contributed by atoms with E-state index in [1.807, 2.05) is 12.1 Å². The van der Waals surface area contributed by atoms with Crippen LogP contribution in [0.5, 0.6) is 5.75 Å². The summed E-state index contributed by atoms with van der Waals surface area (Å²) in [7, 11) is 1.54. The number of amides is 1. The Balaban J connectivity index is 1.23. The second-order valence-electron chi connectivity index (χ2n) is 9.29. The van der Waals surface area contributed by atoms with Crippen LogP contribution in [0.4, 0.5) is 5.69 Å². The first-order valence-corrected chi connectivity index (χ1v) is 12.3. The standard InChI is InChI=1S/C27H31ClN2O4/c1-34-24-4-2-3-21(16-24)26(32)27(33)30-13-9-20(10-14-30)15-19-7-11-29(12-8-19)23-6-5-22(18-31)25(28)17-23/h2-6,16-20H,7-15H2,1H3. The number of anilines is 1. The first-order valence-electron chi connectivity index (χ1n) is 12.0. The highest BCUT2D eigenvalue weighted by atomic mass is 35.5. The molecule has 1 amide bonds. The molecule has 0 atom stereocenters. The number of benzene rings is 2. The van der Waals surface area contributed by atoms with Crippen molar-refractivity contribution < 1.29 is 19.1 Å². The minimum Gasteiger partial charge on any atom is -0.497 e. The molecule has 0 aliphatic carbocycles. The molecule has 2 saturated heterocycles. The largest absolute Gasteiger partial charge is 0.497 e. The van der Waals surface area contributed by atoms with Gasteiger partial charge in [0.2, 0.25) is 0 Å². The Bertz CT molecular complexity index is 1040. The topological polar surface area (TPSA) is 66.9 Å². The number of carbonyl (C=O) groups excluding carboxylic acids is 3. The Morgan fingerprint density at radius 1 is 1.00 bits per heavy atom. The fourth-order valence-corrected chi connectivity index (χ4v) is 5.33. The molecule has 2 heterocycles. The minimum absolute atomic E-state index is 0.375. The van der Waals surface area contributed by atoms with Crippen molar-refractivity contribution in [2.45, 2.75) is 32.1 Å². The maximum Gasteiger partial charge on any atom is 0.294 e. The molecule has 2 aliphatic rings. The normalized spacial score (nSPS) is 17.5. The number of Topliss-reactive ketones (excluding diaryl/α,β-unsaturated/α-hetero) is 1. The number of ether oxygens (including phenoxy) is 1. The van der Waals surface area contributed by atoms with Gasteiger partial charge in [-0.2, -0.15) is 0 Å². The third-order valence-corrected chi connectivity index (χ3v) is 7.51. The van der Waals surface area contributed by atoms with Crippen LogP contribution < -0.4 is 9.64 Å². The van der Waals surface area contributed by atoms with Crippen molar-refractivity contribution in [2.75, 3.05) is 38.2 Å². The predicted octanol–water partition coefficient (Wildman–Crippen LogP) is 4.89. The fraction of sp³-hybridized carbons (Fsp3) is 0.444. The number of methoxy groups -OCH3 is 1. The zero-order valence-corrected chi connectivity index (χ0v) is 20.3. The molecule has 0 unspecified atom stereocenters.